The van der Waals surface area contributed by atoms with Gasteiger partial charge in [0.15, 0.2) is 9.99 Å². The summed E-state index contributed by atoms with van der Waals surface area (Å²) in [5.74, 6) is 0.867. The van der Waals surface area contributed by atoms with Gasteiger partial charge >= 0.3 is 0 Å². The minimum Gasteiger partial charge on any atom is -0.376 e. The molecule has 5 nitrogen and oxygen atoms in total. The average Bonchev–Trinajstić information content (AvgIpc) is 2.81. The fourth-order valence-electron chi connectivity index (χ4n) is 2.22. The number of nitrogens with one attached hydrogen (secondary N) is 1. The van der Waals surface area contributed by atoms with E-state index in [9.17, 15) is 0 Å². The van der Waals surface area contributed by atoms with E-state index in [1.165, 1.54) is 6.42 Å². The van der Waals surface area contributed by atoms with Gasteiger partial charge in [-0.15, -0.1) is 11.3 Å². The van der Waals surface area contributed by atoms with Crippen molar-refractivity contribution < 1.29 is 4.74 Å². The first-order valence-electron chi connectivity index (χ1n) is 6.21. The van der Waals surface area contributed by atoms with Crippen LogP contribution in [0.1, 0.15) is 19.3 Å². The molecule has 0 spiro atoms. The Morgan fingerprint density at radius 3 is 2.95 bits per heavy atom. The third-order valence-corrected chi connectivity index (χ3v) is 5.66. The van der Waals surface area contributed by atoms with E-state index >= 15 is 0 Å². The van der Waals surface area contributed by atoms with Crippen LogP contribution in [0.5, 0.6) is 0 Å². The van der Waals surface area contributed by atoms with Crippen LogP contribution in [0.4, 0.5) is 5.82 Å². The largest absolute Gasteiger partial charge is 0.376 e. The Kier molecular flexibility index (Phi) is 3.60. The minimum absolute atomic E-state index is 0.00963. The lowest BCUT2D eigenvalue weighted by atomic mass is 9.80. The number of anilines is 1. The van der Waals surface area contributed by atoms with Gasteiger partial charge in [-0.05, 0) is 25.5 Å². The molecule has 1 N–H and O–H groups in total. The summed E-state index contributed by atoms with van der Waals surface area (Å²) < 4.78 is 7.65. The van der Waals surface area contributed by atoms with E-state index in [2.05, 4.69) is 20.3 Å². The molecule has 102 valence electrons. The van der Waals surface area contributed by atoms with Crippen molar-refractivity contribution in [2.24, 2.45) is 0 Å². The van der Waals surface area contributed by atoms with Crippen LogP contribution < -0.4 is 5.32 Å². The zero-order valence-corrected chi connectivity index (χ0v) is 12.6. The monoisotopic (exact) mass is 296 g/mol. The molecule has 0 bridgehead atoms. The summed E-state index contributed by atoms with van der Waals surface area (Å²) in [6.07, 6.45) is 7.06. The smallest absolute Gasteiger partial charge is 0.176 e. The second-order valence-electron chi connectivity index (χ2n) is 4.65. The van der Waals surface area contributed by atoms with Gasteiger partial charge in [-0.25, -0.2) is 15.0 Å². The summed E-state index contributed by atoms with van der Waals surface area (Å²) >= 11 is 3.27. The molecule has 0 amide bonds. The molecule has 1 saturated carbocycles. The van der Waals surface area contributed by atoms with Crippen LogP contribution in [0.3, 0.4) is 0 Å². The maximum atomic E-state index is 5.61. The van der Waals surface area contributed by atoms with Gasteiger partial charge in [-0.2, -0.15) is 0 Å². The van der Waals surface area contributed by atoms with Crippen LogP contribution in [0.2, 0.25) is 0 Å². The van der Waals surface area contributed by atoms with Crippen molar-refractivity contribution in [3.63, 3.8) is 0 Å². The second kappa shape index (κ2) is 5.22. The number of fused-ring (bicyclic) bond motifs is 1. The van der Waals surface area contributed by atoms with Gasteiger partial charge in [0.25, 0.3) is 0 Å². The lowest BCUT2D eigenvalue weighted by Gasteiger charge is -2.40. The Morgan fingerprint density at radius 2 is 2.32 bits per heavy atom. The van der Waals surface area contributed by atoms with Crippen LogP contribution >= 0.6 is 23.1 Å². The quantitative estimate of drug-likeness (QED) is 0.856. The summed E-state index contributed by atoms with van der Waals surface area (Å²) in [4.78, 5) is 13.0. The van der Waals surface area contributed by atoms with Crippen LogP contribution in [0.15, 0.2) is 10.7 Å². The first kappa shape index (κ1) is 13.1. The number of nitrogens with zero attached hydrogens (tertiary/aromatic N) is 3. The van der Waals surface area contributed by atoms with Crippen molar-refractivity contribution in [3.05, 3.63) is 6.33 Å². The maximum absolute atomic E-state index is 5.61. The SMILES string of the molecule is COC1(CNc2ncnc3nc(SC)sc23)CCC1. The van der Waals surface area contributed by atoms with E-state index in [1.54, 1.807) is 36.5 Å². The summed E-state index contributed by atoms with van der Waals surface area (Å²) in [5.41, 5.74) is 0.761. The molecule has 0 radical (unpaired) electrons. The van der Waals surface area contributed by atoms with Gasteiger partial charge in [-0.1, -0.05) is 11.8 Å². The number of aromatic nitrogens is 3. The molecular formula is C12H16N4OS2. The van der Waals surface area contributed by atoms with Crippen molar-refractivity contribution in [2.75, 3.05) is 25.2 Å². The van der Waals surface area contributed by atoms with Crippen LogP contribution in [-0.4, -0.2) is 40.5 Å². The molecule has 0 unspecified atom stereocenters. The number of hydrogen-bond donors (Lipinski definition) is 1. The zero-order chi connectivity index (χ0) is 13.3. The molecule has 19 heavy (non-hydrogen) atoms. The number of ether oxygens (including phenoxy) is 1. The molecule has 7 heteroatoms. The van der Waals surface area contributed by atoms with Gasteiger partial charge in [0.1, 0.15) is 16.8 Å². The Balaban J connectivity index is 1.82. The Labute approximate surface area is 120 Å². The van der Waals surface area contributed by atoms with Crippen molar-refractivity contribution in [3.8, 4) is 0 Å². The summed E-state index contributed by atoms with van der Waals surface area (Å²) in [7, 11) is 1.79. The van der Waals surface area contributed by atoms with Gasteiger partial charge in [0.2, 0.25) is 0 Å². The molecular weight excluding hydrogens is 280 g/mol. The topological polar surface area (TPSA) is 59.9 Å². The molecule has 0 aromatic carbocycles. The lowest BCUT2D eigenvalue weighted by molar-refractivity contribution is -0.0601. The maximum Gasteiger partial charge on any atom is 0.176 e. The van der Waals surface area contributed by atoms with Crippen LogP contribution in [0.25, 0.3) is 10.3 Å². The molecule has 0 saturated heterocycles. The number of thioether (sulfide) groups is 1. The standard InChI is InChI=1S/C12H16N4OS2/c1-17-12(4-3-5-12)6-13-9-8-10(15-7-14-9)16-11(18-2)19-8/h7H,3-6H2,1-2H3,(H,13,14,15). The predicted octanol–water partition coefficient (Wildman–Crippen LogP) is 2.79. The van der Waals surface area contributed by atoms with E-state index in [0.717, 1.165) is 39.9 Å². The highest BCUT2D eigenvalue weighted by Gasteiger charge is 2.36. The summed E-state index contributed by atoms with van der Waals surface area (Å²) in [6.45, 7) is 0.794. The first-order chi connectivity index (χ1) is 9.26. The summed E-state index contributed by atoms with van der Waals surface area (Å²) in [6, 6.07) is 0. The lowest BCUT2D eigenvalue weighted by Crippen LogP contribution is -2.45. The molecule has 2 aromatic heterocycles. The van der Waals surface area contributed by atoms with Gasteiger partial charge < -0.3 is 10.1 Å². The third-order valence-electron chi connectivity index (χ3n) is 3.62. The van der Waals surface area contributed by atoms with Crippen molar-refractivity contribution in [2.45, 2.75) is 29.2 Å². The third kappa shape index (κ3) is 2.42. The van der Waals surface area contributed by atoms with Gasteiger partial charge in [-0.3, -0.25) is 0 Å². The van der Waals surface area contributed by atoms with E-state index in [-0.39, 0.29) is 5.60 Å². The van der Waals surface area contributed by atoms with Gasteiger partial charge in [0.05, 0.1) is 5.60 Å². The second-order valence-corrected chi connectivity index (χ2v) is 6.71. The van der Waals surface area contributed by atoms with Crippen molar-refractivity contribution in [1.82, 2.24) is 15.0 Å². The number of thiazole rings is 1. The fraction of sp³-hybridized carbons (Fsp3) is 0.583. The van der Waals surface area contributed by atoms with E-state index < -0.39 is 0 Å². The minimum atomic E-state index is -0.00963. The molecule has 0 atom stereocenters. The predicted molar refractivity (Wildman–Crippen MR) is 79.1 cm³/mol. The molecule has 2 heterocycles. The molecule has 2 aromatic rings. The molecule has 0 aliphatic heterocycles. The highest BCUT2D eigenvalue weighted by molar-refractivity contribution is 8.00. The van der Waals surface area contributed by atoms with E-state index in [4.69, 9.17) is 4.74 Å². The first-order valence-corrected chi connectivity index (χ1v) is 8.25. The van der Waals surface area contributed by atoms with Crippen molar-refractivity contribution >= 4 is 39.3 Å². The van der Waals surface area contributed by atoms with E-state index in [0.29, 0.717) is 0 Å². The Hall–Kier alpha value is -0.920. The number of rotatable bonds is 5. The zero-order valence-electron chi connectivity index (χ0n) is 11.0. The average molecular weight is 296 g/mol. The number of methoxy groups -OCH3 is 1. The van der Waals surface area contributed by atoms with Gasteiger partial charge in [0, 0.05) is 13.7 Å². The summed E-state index contributed by atoms with van der Waals surface area (Å²) in [5, 5.41) is 3.40. The fourth-order valence-corrected chi connectivity index (χ4v) is 3.70. The van der Waals surface area contributed by atoms with E-state index in [1.807, 2.05) is 6.26 Å². The normalized spacial score (nSPS) is 17.4. The molecule has 3 rings (SSSR count). The molecule has 1 aliphatic rings. The molecule has 1 aliphatic carbocycles. The van der Waals surface area contributed by atoms with Crippen LogP contribution in [-0.2, 0) is 4.74 Å². The van der Waals surface area contributed by atoms with Crippen LogP contribution in [0, 0.1) is 0 Å². The Morgan fingerprint density at radius 1 is 1.47 bits per heavy atom. The number of hydrogen-bond acceptors (Lipinski definition) is 7. The molecule has 1 fully saturated rings. The van der Waals surface area contributed by atoms with Crippen molar-refractivity contribution in [1.29, 1.82) is 0 Å². The highest BCUT2D eigenvalue weighted by atomic mass is 32.2. The highest BCUT2D eigenvalue weighted by Crippen LogP contribution is 2.36. The Bertz CT molecular complexity index is 577.